The van der Waals surface area contributed by atoms with E-state index in [9.17, 15) is 8.78 Å². The van der Waals surface area contributed by atoms with Gasteiger partial charge in [-0.2, -0.15) is 8.78 Å². The third kappa shape index (κ3) is 6.36. The molecule has 0 fully saturated rings. The highest BCUT2D eigenvalue weighted by atomic mass is 19.3. The highest BCUT2D eigenvalue weighted by molar-refractivity contribution is 5.29. The van der Waals surface area contributed by atoms with E-state index in [1.54, 1.807) is 12.1 Å². The molecule has 114 valence electrons. The standard InChI is InChI=1S/C17H26F2O/c1-3-5-7-9-14(8-6-4-2)15-10-12-16(13-11-15)20-17(18)19/h10-14,17H,3-9H2,1-2H3. The maximum atomic E-state index is 12.1. The van der Waals surface area contributed by atoms with Crippen molar-refractivity contribution in [2.45, 2.75) is 71.3 Å². The molecule has 0 aliphatic carbocycles. The number of ether oxygens (including phenoxy) is 1. The van der Waals surface area contributed by atoms with Crippen LogP contribution in [-0.2, 0) is 0 Å². The van der Waals surface area contributed by atoms with E-state index < -0.39 is 6.61 Å². The molecule has 0 amide bonds. The molecule has 0 N–H and O–H groups in total. The molecule has 1 rings (SSSR count). The van der Waals surface area contributed by atoms with E-state index >= 15 is 0 Å². The molecule has 3 heteroatoms. The van der Waals surface area contributed by atoms with Crippen molar-refractivity contribution >= 4 is 0 Å². The van der Waals surface area contributed by atoms with Crippen LogP contribution in [0.4, 0.5) is 8.78 Å². The number of benzene rings is 1. The zero-order valence-electron chi connectivity index (χ0n) is 12.6. The van der Waals surface area contributed by atoms with E-state index in [-0.39, 0.29) is 5.75 Å². The van der Waals surface area contributed by atoms with Gasteiger partial charge in [-0.15, -0.1) is 0 Å². The van der Waals surface area contributed by atoms with E-state index in [4.69, 9.17) is 0 Å². The predicted molar refractivity (Wildman–Crippen MR) is 79.5 cm³/mol. The van der Waals surface area contributed by atoms with Crippen LogP contribution in [-0.4, -0.2) is 6.61 Å². The largest absolute Gasteiger partial charge is 0.435 e. The second-order valence-electron chi connectivity index (χ2n) is 5.28. The Labute approximate surface area is 121 Å². The van der Waals surface area contributed by atoms with Crippen molar-refractivity contribution in [1.82, 2.24) is 0 Å². The van der Waals surface area contributed by atoms with Crippen LogP contribution < -0.4 is 4.74 Å². The Morgan fingerprint density at radius 1 is 0.900 bits per heavy atom. The van der Waals surface area contributed by atoms with Crippen LogP contribution in [0.25, 0.3) is 0 Å². The highest BCUT2D eigenvalue weighted by Gasteiger charge is 2.12. The van der Waals surface area contributed by atoms with Crippen molar-refractivity contribution in [1.29, 1.82) is 0 Å². The summed E-state index contributed by atoms with van der Waals surface area (Å²) in [6.07, 6.45) is 8.48. The van der Waals surface area contributed by atoms with Crippen molar-refractivity contribution < 1.29 is 13.5 Å². The molecule has 0 bridgehead atoms. The fourth-order valence-corrected chi connectivity index (χ4v) is 2.49. The van der Waals surface area contributed by atoms with Crippen molar-refractivity contribution in [3.63, 3.8) is 0 Å². The SMILES string of the molecule is CCCCCC(CCCC)c1ccc(OC(F)F)cc1. The summed E-state index contributed by atoms with van der Waals surface area (Å²) < 4.78 is 28.7. The summed E-state index contributed by atoms with van der Waals surface area (Å²) in [4.78, 5) is 0. The Hall–Kier alpha value is -1.12. The molecule has 0 radical (unpaired) electrons. The summed E-state index contributed by atoms with van der Waals surface area (Å²) in [7, 11) is 0. The fourth-order valence-electron chi connectivity index (χ4n) is 2.49. The molecule has 1 atom stereocenters. The molecular weight excluding hydrogens is 258 g/mol. The Morgan fingerprint density at radius 2 is 1.50 bits per heavy atom. The maximum Gasteiger partial charge on any atom is 0.387 e. The zero-order chi connectivity index (χ0) is 14.8. The van der Waals surface area contributed by atoms with Crippen LogP contribution in [0.5, 0.6) is 5.75 Å². The lowest BCUT2D eigenvalue weighted by atomic mass is 9.89. The van der Waals surface area contributed by atoms with Crippen LogP contribution in [0.15, 0.2) is 24.3 Å². The van der Waals surface area contributed by atoms with Crippen LogP contribution in [0, 0.1) is 0 Å². The van der Waals surface area contributed by atoms with Crippen LogP contribution in [0.2, 0.25) is 0 Å². The molecule has 1 aromatic carbocycles. The normalized spacial score (nSPS) is 12.7. The monoisotopic (exact) mass is 284 g/mol. The number of rotatable bonds is 10. The third-order valence-electron chi connectivity index (χ3n) is 3.64. The lowest BCUT2D eigenvalue weighted by Crippen LogP contribution is -2.03. The van der Waals surface area contributed by atoms with Gasteiger partial charge >= 0.3 is 6.61 Å². The van der Waals surface area contributed by atoms with Gasteiger partial charge in [-0.05, 0) is 36.5 Å². The van der Waals surface area contributed by atoms with Crippen molar-refractivity contribution in [2.75, 3.05) is 0 Å². The highest BCUT2D eigenvalue weighted by Crippen LogP contribution is 2.29. The number of hydrogen-bond acceptors (Lipinski definition) is 1. The summed E-state index contributed by atoms with van der Waals surface area (Å²) in [5.74, 6) is 0.786. The number of unbranched alkanes of at least 4 members (excludes halogenated alkanes) is 3. The minimum absolute atomic E-state index is 0.242. The second-order valence-corrected chi connectivity index (χ2v) is 5.28. The number of hydrogen-bond donors (Lipinski definition) is 0. The molecular formula is C17H26F2O. The van der Waals surface area contributed by atoms with Gasteiger partial charge in [0, 0.05) is 0 Å². The average Bonchev–Trinajstić information content (AvgIpc) is 2.43. The van der Waals surface area contributed by atoms with E-state index in [1.165, 1.54) is 50.5 Å². The van der Waals surface area contributed by atoms with Gasteiger partial charge < -0.3 is 4.74 Å². The van der Waals surface area contributed by atoms with E-state index in [0.29, 0.717) is 5.92 Å². The Morgan fingerprint density at radius 3 is 2.05 bits per heavy atom. The molecule has 0 aliphatic heterocycles. The van der Waals surface area contributed by atoms with Crippen molar-refractivity contribution in [3.05, 3.63) is 29.8 Å². The Balaban J connectivity index is 2.63. The lowest BCUT2D eigenvalue weighted by molar-refractivity contribution is -0.0498. The number of halogens is 2. The van der Waals surface area contributed by atoms with Crippen molar-refractivity contribution in [3.8, 4) is 5.75 Å². The van der Waals surface area contributed by atoms with Gasteiger partial charge in [0.15, 0.2) is 0 Å². The van der Waals surface area contributed by atoms with Gasteiger partial charge in [0.1, 0.15) is 5.75 Å². The van der Waals surface area contributed by atoms with Crippen LogP contribution in [0.1, 0.15) is 70.3 Å². The van der Waals surface area contributed by atoms with Gasteiger partial charge in [0.25, 0.3) is 0 Å². The summed E-state index contributed by atoms with van der Waals surface area (Å²) in [5, 5.41) is 0. The molecule has 0 heterocycles. The summed E-state index contributed by atoms with van der Waals surface area (Å²) in [5.41, 5.74) is 1.25. The molecule has 0 saturated heterocycles. The van der Waals surface area contributed by atoms with Gasteiger partial charge in [-0.25, -0.2) is 0 Å². The first-order valence-corrected chi connectivity index (χ1v) is 7.72. The number of alkyl halides is 2. The topological polar surface area (TPSA) is 9.23 Å². The first kappa shape index (κ1) is 16.9. The third-order valence-corrected chi connectivity index (χ3v) is 3.64. The van der Waals surface area contributed by atoms with E-state index in [1.807, 2.05) is 12.1 Å². The van der Waals surface area contributed by atoms with Crippen LogP contribution in [0.3, 0.4) is 0 Å². The van der Waals surface area contributed by atoms with Crippen LogP contribution >= 0.6 is 0 Å². The summed E-state index contributed by atoms with van der Waals surface area (Å²) in [6.45, 7) is 1.65. The molecule has 1 aromatic rings. The van der Waals surface area contributed by atoms with Crippen molar-refractivity contribution in [2.24, 2.45) is 0 Å². The molecule has 0 saturated carbocycles. The van der Waals surface area contributed by atoms with Gasteiger partial charge in [0.2, 0.25) is 0 Å². The van der Waals surface area contributed by atoms with E-state index in [2.05, 4.69) is 18.6 Å². The zero-order valence-corrected chi connectivity index (χ0v) is 12.6. The molecule has 20 heavy (non-hydrogen) atoms. The Bertz CT molecular complexity index is 349. The summed E-state index contributed by atoms with van der Waals surface area (Å²) in [6, 6.07) is 7.18. The molecule has 0 spiro atoms. The summed E-state index contributed by atoms with van der Waals surface area (Å²) >= 11 is 0. The minimum Gasteiger partial charge on any atom is -0.435 e. The molecule has 0 aromatic heterocycles. The van der Waals surface area contributed by atoms with Gasteiger partial charge in [-0.1, -0.05) is 58.1 Å². The first-order chi connectivity index (χ1) is 9.67. The molecule has 1 unspecified atom stereocenters. The quantitative estimate of drug-likeness (QED) is 0.469. The minimum atomic E-state index is -2.75. The van der Waals surface area contributed by atoms with E-state index in [0.717, 1.165) is 0 Å². The fraction of sp³-hybridized carbons (Fsp3) is 0.647. The molecule has 1 nitrogen and oxygen atoms in total. The lowest BCUT2D eigenvalue weighted by Gasteiger charge is -2.17. The molecule has 0 aliphatic rings. The maximum absolute atomic E-state index is 12.1. The second kappa shape index (κ2) is 9.73. The Kier molecular flexibility index (Phi) is 8.24. The average molecular weight is 284 g/mol. The van der Waals surface area contributed by atoms with Gasteiger partial charge in [0.05, 0.1) is 0 Å². The smallest absolute Gasteiger partial charge is 0.387 e. The first-order valence-electron chi connectivity index (χ1n) is 7.72. The predicted octanol–water partition coefficient (Wildman–Crippen LogP) is 6.14. The van der Waals surface area contributed by atoms with Gasteiger partial charge in [-0.3, -0.25) is 0 Å².